The summed E-state index contributed by atoms with van der Waals surface area (Å²) >= 11 is 0. The van der Waals surface area contributed by atoms with Crippen LogP contribution < -0.4 is 5.32 Å². The van der Waals surface area contributed by atoms with Gasteiger partial charge in [0, 0.05) is 6.54 Å². The van der Waals surface area contributed by atoms with Crippen LogP contribution in [0.2, 0.25) is 0 Å². The average Bonchev–Trinajstić information content (AvgIpc) is 2.61. The van der Waals surface area contributed by atoms with Gasteiger partial charge in [0.1, 0.15) is 6.61 Å². The minimum absolute atomic E-state index is 0.0526. The molecule has 0 spiro atoms. The van der Waals surface area contributed by atoms with Crippen LogP contribution in [0.4, 0.5) is 0 Å². The molecule has 23 heavy (non-hydrogen) atoms. The number of benzene rings is 1. The maximum absolute atomic E-state index is 12.2. The van der Waals surface area contributed by atoms with Crippen molar-refractivity contribution in [2.24, 2.45) is 5.41 Å². The number of carbonyl (C=O) groups is 2. The van der Waals surface area contributed by atoms with Crippen molar-refractivity contribution in [3.05, 3.63) is 48.0 Å². The highest BCUT2D eigenvalue weighted by Gasteiger charge is 2.30. The fourth-order valence-corrected chi connectivity index (χ4v) is 1.70. The molecule has 1 aromatic rings. The number of esters is 1. The molecule has 126 valence electrons. The molecule has 0 saturated carbocycles. The first-order valence-electron chi connectivity index (χ1n) is 7.01. The molecule has 1 aromatic carbocycles. The Morgan fingerprint density at radius 3 is 2.22 bits per heavy atom. The monoisotopic (exact) mass is 323 g/mol. The fraction of sp³-hybridized carbons (Fsp3) is 0.375. The maximum atomic E-state index is 12.2. The third kappa shape index (κ3) is 4.88. The van der Waals surface area contributed by atoms with Crippen molar-refractivity contribution < 1.29 is 29.6 Å². The molecule has 4 N–H and O–H groups in total. The van der Waals surface area contributed by atoms with Crippen molar-refractivity contribution in [1.82, 2.24) is 5.32 Å². The van der Waals surface area contributed by atoms with E-state index < -0.39 is 37.1 Å². The van der Waals surface area contributed by atoms with Crippen LogP contribution in [-0.4, -0.2) is 60.2 Å². The average molecular weight is 323 g/mol. The third-order valence-corrected chi connectivity index (χ3v) is 3.31. The summed E-state index contributed by atoms with van der Waals surface area (Å²) < 4.78 is 5.04. The Morgan fingerprint density at radius 2 is 1.70 bits per heavy atom. The highest BCUT2D eigenvalue weighted by molar-refractivity contribution is 6.05. The van der Waals surface area contributed by atoms with Crippen LogP contribution in [0.25, 0.3) is 0 Å². The molecule has 0 heterocycles. The van der Waals surface area contributed by atoms with Gasteiger partial charge in [0.05, 0.1) is 36.4 Å². The summed E-state index contributed by atoms with van der Waals surface area (Å²) in [6.45, 7) is 1.73. The van der Waals surface area contributed by atoms with E-state index in [1.54, 1.807) is 12.1 Å². The number of carbonyl (C=O) groups excluding carboxylic acids is 2. The van der Waals surface area contributed by atoms with Crippen molar-refractivity contribution in [3.63, 3.8) is 0 Å². The largest absolute Gasteiger partial charge is 0.461 e. The first kappa shape index (κ1) is 18.8. The molecule has 0 aliphatic rings. The summed E-state index contributed by atoms with van der Waals surface area (Å²) in [7, 11) is 0. The second-order valence-corrected chi connectivity index (χ2v) is 5.09. The van der Waals surface area contributed by atoms with Gasteiger partial charge in [-0.15, -0.1) is 6.58 Å². The van der Waals surface area contributed by atoms with Crippen molar-refractivity contribution in [2.45, 2.75) is 0 Å². The van der Waals surface area contributed by atoms with E-state index in [4.69, 9.17) is 4.74 Å². The van der Waals surface area contributed by atoms with Crippen LogP contribution in [0.5, 0.6) is 0 Å². The quantitative estimate of drug-likeness (QED) is 0.367. The van der Waals surface area contributed by atoms with Gasteiger partial charge in [-0.05, 0) is 12.1 Å². The Bertz CT molecular complexity index is 545. The van der Waals surface area contributed by atoms with E-state index in [1.807, 2.05) is 0 Å². The lowest BCUT2D eigenvalue weighted by Crippen LogP contribution is -2.39. The molecular formula is C16H21NO6. The molecule has 0 bridgehead atoms. The number of amides is 1. The molecule has 0 saturated heterocycles. The van der Waals surface area contributed by atoms with Crippen LogP contribution in [0, 0.1) is 5.41 Å². The summed E-state index contributed by atoms with van der Waals surface area (Å²) in [6.07, 6.45) is 1.51. The zero-order chi connectivity index (χ0) is 17.3. The molecule has 0 radical (unpaired) electrons. The van der Waals surface area contributed by atoms with Gasteiger partial charge in [-0.3, -0.25) is 4.79 Å². The predicted molar refractivity (Wildman–Crippen MR) is 82.9 cm³/mol. The van der Waals surface area contributed by atoms with Gasteiger partial charge in [-0.1, -0.05) is 18.2 Å². The molecule has 7 nitrogen and oxygen atoms in total. The van der Waals surface area contributed by atoms with Crippen LogP contribution in [-0.2, 0) is 4.74 Å². The summed E-state index contributed by atoms with van der Waals surface area (Å²) in [5.41, 5.74) is -1.13. The zero-order valence-electron chi connectivity index (χ0n) is 12.7. The highest BCUT2D eigenvalue weighted by atomic mass is 16.5. The number of nitrogens with one attached hydrogen (secondary N) is 1. The number of aliphatic hydroxyl groups is 3. The third-order valence-electron chi connectivity index (χ3n) is 3.31. The molecule has 0 aliphatic carbocycles. The Labute approximate surface area is 134 Å². The lowest BCUT2D eigenvalue weighted by molar-refractivity contribution is -0.0441. The van der Waals surface area contributed by atoms with Gasteiger partial charge in [-0.2, -0.15) is 0 Å². The van der Waals surface area contributed by atoms with Gasteiger partial charge in [0.2, 0.25) is 0 Å². The fourth-order valence-electron chi connectivity index (χ4n) is 1.70. The topological polar surface area (TPSA) is 116 Å². The van der Waals surface area contributed by atoms with E-state index in [0.29, 0.717) is 0 Å². The zero-order valence-corrected chi connectivity index (χ0v) is 12.7. The van der Waals surface area contributed by atoms with E-state index in [2.05, 4.69) is 11.9 Å². The second-order valence-electron chi connectivity index (χ2n) is 5.09. The van der Waals surface area contributed by atoms with Gasteiger partial charge < -0.3 is 25.4 Å². The van der Waals surface area contributed by atoms with Gasteiger partial charge >= 0.3 is 5.97 Å². The predicted octanol–water partition coefficient (Wildman–Crippen LogP) is -0.277. The Balaban J connectivity index is 2.88. The lowest BCUT2D eigenvalue weighted by atomic mass is 9.92. The molecule has 0 aliphatic heterocycles. The van der Waals surface area contributed by atoms with Crippen molar-refractivity contribution in [3.8, 4) is 0 Å². The number of aliphatic hydroxyl groups excluding tert-OH is 3. The molecule has 0 unspecified atom stereocenters. The van der Waals surface area contributed by atoms with Crippen LogP contribution in [0.3, 0.4) is 0 Å². The molecule has 0 fully saturated rings. The normalized spacial score (nSPS) is 10.9. The number of hydrogen-bond acceptors (Lipinski definition) is 6. The SMILES string of the molecule is C=CCNC(=O)c1ccccc1C(=O)OCC(CO)(CO)CO. The van der Waals surface area contributed by atoms with E-state index in [0.717, 1.165) is 0 Å². The molecule has 0 atom stereocenters. The number of hydrogen-bond donors (Lipinski definition) is 4. The van der Waals surface area contributed by atoms with Crippen LogP contribution >= 0.6 is 0 Å². The molecule has 0 aromatic heterocycles. The molecule has 1 amide bonds. The minimum atomic E-state index is -1.32. The number of ether oxygens (including phenoxy) is 1. The summed E-state index contributed by atoms with van der Waals surface area (Å²) in [4.78, 5) is 24.2. The Morgan fingerprint density at radius 1 is 1.13 bits per heavy atom. The molecule has 1 rings (SSSR count). The van der Waals surface area contributed by atoms with Gasteiger partial charge in [-0.25, -0.2) is 4.79 Å². The van der Waals surface area contributed by atoms with Gasteiger partial charge in [0.15, 0.2) is 0 Å². The van der Waals surface area contributed by atoms with Gasteiger partial charge in [0.25, 0.3) is 5.91 Å². The minimum Gasteiger partial charge on any atom is -0.461 e. The standard InChI is InChI=1S/C16H21NO6/c1-2-7-17-14(21)12-5-3-4-6-13(12)15(22)23-11-16(8-18,9-19)10-20/h2-6,18-20H,1,7-11H2,(H,17,21). The smallest absolute Gasteiger partial charge is 0.338 e. The van der Waals surface area contributed by atoms with Crippen molar-refractivity contribution in [1.29, 1.82) is 0 Å². The summed E-state index contributed by atoms with van der Waals surface area (Å²) in [5.74, 6) is -1.23. The van der Waals surface area contributed by atoms with Crippen molar-refractivity contribution >= 4 is 11.9 Å². The Kier molecular flexibility index (Phi) is 7.40. The highest BCUT2D eigenvalue weighted by Crippen LogP contribution is 2.17. The first-order chi connectivity index (χ1) is 11.0. The van der Waals surface area contributed by atoms with Crippen molar-refractivity contribution in [2.75, 3.05) is 33.0 Å². The summed E-state index contributed by atoms with van der Waals surface area (Å²) in [6, 6.07) is 6.10. The van der Waals surface area contributed by atoms with E-state index in [9.17, 15) is 24.9 Å². The maximum Gasteiger partial charge on any atom is 0.338 e. The Hall–Kier alpha value is -2.22. The first-order valence-corrected chi connectivity index (χ1v) is 7.01. The van der Waals surface area contributed by atoms with Crippen LogP contribution in [0.1, 0.15) is 20.7 Å². The van der Waals surface area contributed by atoms with E-state index in [1.165, 1.54) is 18.2 Å². The van der Waals surface area contributed by atoms with E-state index in [-0.39, 0.29) is 24.3 Å². The molecular weight excluding hydrogens is 302 g/mol. The lowest BCUT2D eigenvalue weighted by Gasteiger charge is -2.26. The number of rotatable bonds is 9. The summed E-state index contributed by atoms with van der Waals surface area (Å²) in [5, 5.41) is 30.2. The van der Waals surface area contributed by atoms with E-state index >= 15 is 0 Å². The molecule has 7 heteroatoms. The second kappa shape index (κ2) is 9.04. The van der Waals surface area contributed by atoms with Crippen LogP contribution in [0.15, 0.2) is 36.9 Å².